The fraction of sp³-hybridized carbons (Fsp3) is 0.333. The van der Waals surface area contributed by atoms with E-state index in [1.807, 2.05) is 13.8 Å². The quantitative estimate of drug-likeness (QED) is 0.878. The van der Waals surface area contributed by atoms with Gasteiger partial charge in [0, 0.05) is 0 Å². The molecule has 1 heterocycles. The molecule has 1 aromatic heterocycles. The zero-order valence-electron chi connectivity index (χ0n) is 12.0. The second kappa shape index (κ2) is 6.78. The Morgan fingerprint density at radius 1 is 1.10 bits per heavy atom. The number of aliphatic carboxylic acids is 1. The normalized spacial score (nSPS) is 10.4. The van der Waals surface area contributed by atoms with E-state index in [4.69, 9.17) is 9.84 Å². The van der Waals surface area contributed by atoms with Crippen LogP contribution in [0.5, 0.6) is 11.8 Å². The molecule has 1 N–H and O–H groups in total. The molecule has 0 spiro atoms. The highest BCUT2D eigenvalue weighted by molar-refractivity contribution is 5.70. The topological polar surface area (TPSA) is 85.2 Å². The molecule has 6 nitrogen and oxygen atoms in total. The molecule has 0 aliphatic heterocycles. The van der Waals surface area contributed by atoms with E-state index in [1.54, 1.807) is 24.3 Å². The van der Waals surface area contributed by atoms with Gasteiger partial charge in [-0.05, 0) is 30.5 Å². The van der Waals surface area contributed by atoms with Gasteiger partial charge in [0.15, 0.2) is 0 Å². The molecule has 2 rings (SSSR count). The number of hydrogen-bond acceptors (Lipinski definition) is 5. The molecular weight excluding hydrogens is 270 g/mol. The Bertz CT molecular complexity index is 627. The summed E-state index contributed by atoms with van der Waals surface area (Å²) in [6.45, 7) is 4.01. The summed E-state index contributed by atoms with van der Waals surface area (Å²) in [6.07, 6.45) is 1.55. The van der Waals surface area contributed by atoms with Crippen molar-refractivity contribution in [2.75, 3.05) is 0 Å². The number of hydrogen-bond donors (Lipinski definition) is 1. The van der Waals surface area contributed by atoms with Gasteiger partial charge in [-0.3, -0.25) is 4.79 Å². The van der Waals surface area contributed by atoms with Crippen LogP contribution in [0.15, 0.2) is 24.3 Å². The third-order valence-corrected chi connectivity index (χ3v) is 2.98. The summed E-state index contributed by atoms with van der Waals surface area (Å²) in [5, 5.41) is 16.8. The molecule has 0 amide bonds. The molecule has 6 heteroatoms. The van der Waals surface area contributed by atoms with E-state index < -0.39 is 5.97 Å². The second-order valence-electron chi connectivity index (χ2n) is 4.51. The van der Waals surface area contributed by atoms with Crippen molar-refractivity contribution in [3.05, 3.63) is 41.2 Å². The predicted molar refractivity (Wildman–Crippen MR) is 76.4 cm³/mol. The van der Waals surface area contributed by atoms with Crippen molar-refractivity contribution in [3.8, 4) is 11.8 Å². The minimum absolute atomic E-state index is 0.0104. The molecule has 0 unspecified atom stereocenters. The Kier molecular flexibility index (Phi) is 4.81. The lowest BCUT2D eigenvalue weighted by Gasteiger charge is -2.07. The highest BCUT2D eigenvalue weighted by Crippen LogP contribution is 2.19. The number of carboxylic acid groups (broad SMARTS) is 1. The number of carbonyl (C=O) groups is 1. The molecule has 21 heavy (non-hydrogen) atoms. The third kappa shape index (κ3) is 3.98. The van der Waals surface area contributed by atoms with E-state index in [0.29, 0.717) is 11.3 Å². The molecule has 2 aromatic rings. The van der Waals surface area contributed by atoms with Gasteiger partial charge in [-0.15, -0.1) is 5.10 Å². The summed E-state index contributed by atoms with van der Waals surface area (Å²) >= 11 is 0. The lowest BCUT2D eigenvalue weighted by Crippen LogP contribution is -2.04. The van der Waals surface area contributed by atoms with Crippen LogP contribution in [-0.2, 0) is 24.1 Å². The van der Waals surface area contributed by atoms with Crippen LogP contribution in [0.1, 0.15) is 30.8 Å². The highest BCUT2D eigenvalue weighted by atomic mass is 16.5. The first-order chi connectivity index (χ1) is 10.1. The maximum atomic E-state index is 10.6. The highest BCUT2D eigenvalue weighted by Gasteiger charge is 2.08. The maximum Gasteiger partial charge on any atom is 0.341 e. The number of aryl methyl sites for hydroxylation is 2. The van der Waals surface area contributed by atoms with Gasteiger partial charge < -0.3 is 9.84 Å². The largest absolute Gasteiger partial charge is 0.481 e. The van der Waals surface area contributed by atoms with Crippen LogP contribution in [0.4, 0.5) is 0 Å². The van der Waals surface area contributed by atoms with Crippen molar-refractivity contribution in [2.45, 2.75) is 33.1 Å². The van der Waals surface area contributed by atoms with Crippen LogP contribution >= 0.6 is 0 Å². The number of carboxylic acids is 1. The Morgan fingerprint density at radius 2 is 1.76 bits per heavy atom. The Labute approximate surface area is 122 Å². The molecule has 0 aliphatic carbocycles. The van der Waals surface area contributed by atoms with E-state index in [-0.39, 0.29) is 12.4 Å². The van der Waals surface area contributed by atoms with Crippen LogP contribution < -0.4 is 4.74 Å². The van der Waals surface area contributed by atoms with Gasteiger partial charge >= 0.3 is 12.0 Å². The summed E-state index contributed by atoms with van der Waals surface area (Å²) in [5.74, 6) is -0.309. The summed E-state index contributed by atoms with van der Waals surface area (Å²) in [4.78, 5) is 15.0. The second-order valence-corrected chi connectivity index (χ2v) is 4.51. The van der Waals surface area contributed by atoms with Crippen LogP contribution in [0, 0.1) is 0 Å². The van der Waals surface area contributed by atoms with Crippen LogP contribution in [0.25, 0.3) is 0 Å². The summed E-state index contributed by atoms with van der Waals surface area (Å²) in [7, 11) is 0. The van der Waals surface area contributed by atoms with Gasteiger partial charge in [0.05, 0.1) is 17.8 Å². The van der Waals surface area contributed by atoms with Crippen LogP contribution in [0.3, 0.4) is 0 Å². The van der Waals surface area contributed by atoms with Gasteiger partial charge in [0.2, 0.25) is 0 Å². The average molecular weight is 287 g/mol. The maximum absolute atomic E-state index is 10.6. The Balaban J connectivity index is 2.12. The Morgan fingerprint density at radius 3 is 2.33 bits per heavy atom. The molecular formula is C15H17N3O3. The van der Waals surface area contributed by atoms with Gasteiger partial charge in [0.1, 0.15) is 5.75 Å². The van der Waals surface area contributed by atoms with E-state index >= 15 is 0 Å². The predicted octanol–water partition coefficient (Wildman–Crippen LogP) is 2.42. The fourth-order valence-corrected chi connectivity index (χ4v) is 1.92. The molecule has 0 saturated heterocycles. The van der Waals surface area contributed by atoms with Gasteiger partial charge in [0.25, 0.3) is 0 Å². The molecule has 0 bridgehead atoms. The van der Waals surface area contributed by atoms with Gasteiger partial charge in [-0.1, -0.05) is 31.1 Å². The van der Waals surface area contributed by atoms with Gasteiger partial charge in [-0.25, -0.2) is 0 Å². The van der Waals surface area contributed by atoms with Crippen molar-refractivity contribution in [1.29, 1.82) is 0 Å². The van der Waals surface area contributed by atoms with Crippen molar-refractivity contribution < 1.29 is 14.6 Å². The summed E-state index contributed by atoms with van der Waals surface area (Å²) in [6, 6.07) is 7.01. The number of nitrogens with zero attached hydrogens (tertiary/aromatic N) is 3. The molecule has 0 saturated carbocycles. The van der Waals surface area contributed by atoms with Crippen molar-refractivity contribution >= 4 is 5.97 Å². The van der Waals surface area contributed by atoms with Gasteiger partial charge in [-0.2, -0.15) is 4.98 Å². The van der Waals surface area contributed by atoms with Crippen LogP contribution in [0.2, 0.25) is 0 Å². The Hall–Kier alpha value is -2.50. The van der Waals surface area contributed by atoms with E-state index in [1.165, 1.54) is 0 Å². The standard InChI is InChI=1S/C15H17N3O3/c1-3-12-13(4-2)17-18-15(16-12)21-11-7-5-10(6-8-11)9-14(19)20/h5-8H,3-4,9H2,1-2H3,(H,19,20). The monoisotopic (exact) mass is 287 g/mol. The fourth-order valence-electron chi connectivity index (χ4n) is 1.92. The lowest BCUT2D eigenvalue weighted by atomic mass is 10.1. The molecule has 0 atom stereocenters. The number of aromatic nitrogens is 3. The van der Waals surface area contributed by atoms with E-state index in [2.05, 4.69) is 15.2 Å². The lowest BCUT2D eigenvalue weighted by molar-refractivity contribution is -0.136. The number of rotatable bonds is 6. The summed E-state index contributed by atoms with van der Waals surface area (Å²) in [5.41, 5.74) is 2.47. The first-order valence-electron chi connectivity index (χ1n) is 6.83. The third-order valence-electron chi connectivity index (χ3n) is 2.98. The van der Waals surface area contributed by atoms with E-state index in [0.717, 1.165) is 24.2 Å². The minimum atomic E-state index is -0.862. The number of benzene rings is 1. The molecule has 110 valence electrons. The van der Waals surface area contributed by atoms with Crippen molar-refractivity contribution in [2.24, 2.45) is 0 Å². The number of ether oxygens (including phenoxy) is 1. The minimum Gasteiger partial charge on any atom is -0.481 e. The molecule has 1 aromatic carbocycles. The molecule has 0 radical (unpaired) electrons. The zero-order chi connectivity index (χ0) is 15.2. The zero-order valence-corrected chi connectivity index (χ0v) is 12.0. The van der Waals surface area contributed by atoms with Crippen molar-refractivity contribution in [3.63, 3.8) is 0 Å². The summed E-state index contributed by atoms with van der Waals surface area (Å²) < 4.78 is 5.55. The smallest absolute Gasteiger partial charge is 0.341 e. The average Bonchev–Trinajstić information content (AvgIpc) is 2.48. The first kappa shape index (κ1) is 14.9. The van der Waals surface area contributed by atoms with Crippen LogP contribution in [-0.4, -0.2) is 26.3 Å². The SMILES string of the molecule is CCc1nnc(Oc2ccc(CC(=O)O)cc2)nc1CC. The van der Waals surface area contributed by atoms with E-state index in [9.17, 15) is 4.79 Å². The molecule has 0 fully saturated rings. The first-order valence-corrected chi connectivity index (χ1v) is 6.83. The van der Waals surface area contributed by atoms with Crippen molar-refractivity contribution in [1.82, 2.24) is 15.2 Å². The molecule has 0 aliphatic rings.